The molecule has 0 heterocycles. The standard InChI is InChI=1S/C50H97NO4/c1-3-5-7-9-11-13-15-17-18-19-20-21-22-23-24-25-26-27-28-29-30-31-32-33-35-37-39-41-43-47(53)45-50(55)51-48(46-52)49(54)44-42-40-38-36-34-16-14-12-10-8-6-4-2/h23-24,42,44,47-49,52-54H,3-22,25-41,43,45-46H2,1-2H3,(H,51,55)/b24-23-,44-42+. The summed E-state index contributed by atoms with van der Waals surface area (Å²) in [4.78, 5) is 12.4. The molecule has 0 rings (SSSR count). The molecule has 0 saturated heterocycles. The molecule has 0 spiro atoms. The lowest BCUT2D eigenvalue weighted by molar-refractivity contribution is -0.124. The van der Waals surface area contributed by atoms with Crippen molar-refractivity contribution in [3.8, 4) is 0 Å². The first kappa shape index (κ1) is 53.8. The van der Waals surface area contributed by atoms with Crippen LogP contribution in [-0.4, -0.2) is 46.1 Å². The van der Waals surface area contributed by atoms with Crippen LogP contribution in [0.5, 0.6) is 0 Å². The fourth-order valence-electron chi connectivity index (χ4n) is 7.69. The van der Waals surface area contributed by atoms with Gasteiger partial charge in [-0.3, -0.25) is 4.79 Å². The molecule has 3 unspecified atom stereocenters. The number of amides is 1. The first-order chi connectivity index (χ1) is 27.0. The number of aliphatic hydroxyl groups is 3. The van der Waals surface area contributed by atoms with Gasteiger partial charge >= 0.3 is 0 Å². The molecule has 0 fully saturated rings. The first-order valence-electron chi connectivity index (χ1n) is 24.6. The van der Waals surface area contributed by atoms with E-state index in [-0.39, 0.29) is 18.9 Å². The molecule has 5 nitrogen and oxygen atoms in total. The third kappa shape index (κ3) is 42.3. The molecule has 0 bridgehead atoms. The van der Waals surface area contributed by atoms with Gasteiger partial charge in [-0.2, -0.15) is 0 Å². The van der Waals surface area contributed by atoms with E-state index in [2.05, 4.69) is 31.3 Å². The van der Waals surface area contributed by atoms with Crippen molar-refractivity contribution in [2.45, 2.75) is 283 Å². The summed E-state index contributed by atoms with van der Waals surface area (Å²) in [5, 5.41) is 33.2. The van der Waals surface area contributed by atoms with Crippen molar-refractivity contribution >= 4 is 5.91 Å². The van der Waals surface area contributed by atoms with E-state index >= 15 is 0 Å². The fourth-order valence-corrected chi connectivity index (χ4v) is 7.69. The van der Waals surface area contributed by atoms with Gasteiger partial charge in [0.15, 0.2) is 0 Å². The number of rotatable bonds is 45. The highest BCUT2D eigenvalue weighted by Crippen LogP contribution is 2.16. The van der Waals surface area contributed by atoms with Crippen molar-refractivity contribution in [2.75, 3.05) is 6.61 Å². The molecule has 0 aliphatic heterocycles. The van der Waals surface area contributed by atoms with E-state index in [1.54, 1.807) is 6.08 Å². The summed E-state index contributed by atoms with van der Waals surface area (Å²) in [6.45, 7) is 4.22. The van der Waals surface area contributed by atoms with Gasteiger partial charge in [0.05, 0.1) is 31.3 Å². The van der Waals surface area contributed by atoms with Crippen LogP contribution in [-0.2, 0) is 4.79 Å². The highest BCUT2D eigenvalue weighted by molar-refractivity contribution is 5.76. The number of aliphatic hydroxyl groups excluding tert-OH is 3. The second-order valence-electron chi connectivity index (χ2n) is 17.1. The van der Waals surface area contributed by atoms with Gasteiger partial charge in [0.1, 0.15) is 0 Å². The van der Waals surface area contributed by atoms with Gasteiger partial charge < -0.3 is 20.6 Å². The average molecular weight is 776 g/mol. The molecule has 0 aromatic heterocycles. The van der Waals surface area contributed by atoms with Crippen LogP contribution in [0.3, 0.4) is 0 Å². The van der Waals surface area contributed by atoms with E-state index < -0.39 is 18.2 Å². The van der Waals surface area contributed by atoms with E-state index in [1.165, 1.54) is 212 Å². The van der Waals surface area contributed by atoms with Crippen molar-refractivity contribution in [3.05, 3.63) is 24.3 Å². The van der Waals surface area contributed by atoms with Gasteiger partial charge in [0, 0.05) is 0 Å². The van der Waals surface area contributed by atoms with E-state index in [9.17, 15) is 20.1 Å². The van der Waals surface area contributed by atoms with Crippen LogP contribution in [0.4, 0.5) is 0 Å². The maximum atomic E-state index is 12.4. The Kier molecular flexibility index (Phi) is 44.6. The zero-order chi connectivity index (χ0) is 40.1. The van der Waals surface area contributed by atoms with Crippen molar-refractivity contribution < 1.29 is 20.1 Å². The van der Waals surface area contributed by atoms with Gasteiger partial charge in [-0.15, -0.1) is 0 Å². The third-order valence-corrected chi connectivity index (χ3v) is 11.5. The maximum absolute atomic E-state index is 12.4. The summed E-state index contributed by atoms with van der Waals surface area (Å²) in [6.07, 6.45) is 56.3. The maximum Gasteiger partial charge on any atom is 0.222 e. The van der Waals surface area contributed by atoms with Crippen molar-refractivity contribution in [2.24, 2.45) is 0 Å². The van der Waals surface area contributed by atoms with Crippen LogP contribution in [0.1, 0.15) is 264 Å². The number of hydrogen-bond acceptors (Lipinski definition) is 4. The van der Waals surface area contributed by atoms with Crippen molar-refractivity contribution in [3.63, 3.8) is 0 Å². The highest BCUT2D eigenvalue weighted by Gasteiger charge is 2.20. The Hall–Kier alpha value is -1.17. The monoisotopic (exact) mass is 776 g/mol. The summed E-state index contributed by atoms with van der Waals surface area (Å²) in [6, 6.07) is -0.741. The predicted molar refractivity (Wildman–Crippen MR) is 241 cm³/mol. The Morgan fingerprint density at radius 3 is 1.11 bits per heavy atom. The molecule has 1 amide bonds. The van der Waals surface area contributed by atoms with E-state index in [1.807, 2.05) is 6.08 Å². The molecule has 0 saturated carbocycles. The molecule has 326 valence electrons. The first-order valence-corrected chi connectivity index (χ1v) is 24.6. The molecular formula is C50H97NO4. The summed E-state index contributed by atoms with van der Waals surface area (Å²) >= 11 is 0. The Morgan fingerprint density at radius 1 is 0.455 bits per heavy atom. The summed E-state index contributed by atoms with van der Waals surface area (Å²) in [7, 11) is 0. The molecule has 55 heavy (non-hydrogen) atoms. The molecule has 4 N–H and O–H groups in total. The smallest absolute Gasteiger partial charge is 0.222 e. The molecular weight excluding hydrogens is 679 g/mol. The number of carbonyl (C=O) groups excluding carboxylic acids is 1. The number of nitrogens with one attached hydrogen (secondary N) is 1. The Morgan fingerprint density at radius 2 is 0.764 bits per heavy atom. The number of allylic oxidation sites excluding steroid dienone is 3. The van der Waals surface area contributed by atoms with Crippen LogP contribution in [0.2, 0.25) is 0 Å². The van der Waals surface area contributed by atoms with Crippen LogP contribution < -0.4 is 5.32 Å². The Balaban J connectivity index is 3.53. The van der Waals surface area contributed by atoms with Crippen LogP contribution in [0, 0.1) is 0 Å². The minimum atomic E-state index is -0.926. The molecule has 0 radical (unpaired) electrons. The minimum absolute atomic E-state index is 0.0156. The van der Waals surface area contributed by atoms with Crippen LogP contribution in [0.25, 0.3) is 0 Å². The topological polar surface area (TPSA) is 89.8 Å². The fraction of sp³-hybridized carbons (Fsp3) is 0.900. The number of carbonyl (C=O) groups is 1. The van der Waals surface area contributed by atoms with Gasteiger partial charge in [0.2, 0.25) is 5.91 Å². The molecule has 3 atom stereocenters. The highest BCUT2D eigenvalue weighted by atomic mass is 16.3. The molecule has 0 aliphatic carbocycles. The van der Waals surface area contributed by atoms with Gasteiger partial charge in [-0.05, 0) is 44.9 Å². The van der Waals surface area contributed by atoms with Gasteiger partial charge in [-0.25, -0.2) is 0 Å². The van der Waals surface area contributed by atoms with E-state index in [4.69, 9.17) is 0 Å². The molecule has 0 aliphatic rings. The largest absolute Gasteiger partial charge is 0.394 e. The normalized spacial score (nSPS) is 13.6. The SMILES string of the molecule is CCCCCCCCCCCC/C=C/C(O)C(CO)NC(=O)CC(O)CCCCCCCCCCCCCC/C=C\CCCCCCCCCCCCCC. The predicted octanol–water partition coefficient (Wildman–Crippen LogP) is 14.6. The van der Waals surface area contributed by atoms with Crippen LogP contribution in [0.15, 0.2) is 24.3 Å². The summed E-state index contributed by atoms with van der Waals surface area (Å²) in [5.74, 6) is -0.314. The second kappa shape index (κ2) is 45.5. The van der Waals surface area contributed by atoms with Crippen molar-refractivity contribution in [1.82, 2.24) is 5.32 Å². The zero-order valence-corrected chi connectivity index (χ0v) is 37.1. The molecule has 0 aromatic carbocycles. The zero-order valence-electron chi connectivity index (χ0n) is 37.1. The quantitative estimate of drug-likeness (QED) is 0.0366. The minimum Gasteiger partial charge on any atom is -0.394 e. The second-order valence-corrected chi connectivity index (χ2v) is 17.1. The lowest BCUT2D eigenvalue weighted by Gasteiger charge is -2.21. The van der Waals surface area contributed by atoms with E-state index in [0.717, 1.165) is 25.7 Å². The van der Waals surface area contributed by atoms with Gasteiger partial charge in [0.25, 0.3) is 0 Å². The summed E-state index contributed by atoms with van der Waals surface area (Å²) in [5.41, 5.74) is 0. The molecule has 5 heteroatoms. The lowest BCUT2D eigenvalue weighted by atomic mass is 10.0. The van der Waals surface area contributed by atoms with Crippen molar-refractivity contribution in [1.29, 1.82) is 0 Å². The van der Waals surface area contributed by atoms with Crippen LogP contribution >= 0.6 is 0 Å². The lowest BCUT2D eigenvalue weighted by Crippen LogP contribution is -2.45. The Bertz CT molecular complexity index is 814. The number of hydrogen-bond donors (Lipinski definition) is 4. The third-order valence-electron chi connectivity index (χ3n) is 11.5. The van der Waals surface area contributed by atoms with E-state index in [0.29, 0.717) is 6.42 Å². The molecule has 0 aromatic rings. The summed E-state index contributed by atoms with van der Waals surface area (Å²) < 4.78 is 0. The Labute approximate surface area is 343 Å². The van der Waals surface area contributed by atoms with Gasteiger partial charge in [-0.1, -0.05) is 237 Å². The number of unbranched alkanes of at least 4 members (excludes halogenated alkanes) is 34. The average Bonchev–Trinajstić information content (AvgIpc) is 3.18.